The molecule has 0 saturated heterocycles. The normalized spacial score (nSPS) is 11.4. The number of anilines is 2. The van der Waals surface area contributed by atoms with Gasteiger partial charge in [-0.05, 0) is 25.8 Å². The van der Waals surface area contributed by atoms with Crippen LogP contribution in [0.15, 0.2) is 30.3 Å². The minimum absolute atomic E-state index is 0.182. The molecule has 6 nitrogen and oxygen atoms in total. The Balaban J connectivity index is 2.01. The fourth-order valence-corrected chi connectivity index (χ4v) is 2.68. The summed E-state index contributed by atoms with van der Waals surface area (Å²) < 4.78 is 2.09. The van der Waals surface area contributed by atoms with Crippen molar-refractivity contribution in [1.29, 1.82) is 0 Å². The summed E-state index contributed by atoms with van der Waals surface area (Å²) in [5, 5.41) is 0. The second-order valence-corrected chi connectivity index (χ2v) is 5.62. The topological polar surface area (TPSA) is 95.6 Å². The molecule has 0 atom stereocenters. The van der Waals surface area contributed by atoms with Gasteiger partial charge in [0.25, 0.3) is 0 Å². The Labute approximate surface area is 129 Å². The maximum atomic E-state index is 5.94. The van der Waals surface area contributed by atoms with Crippen molar-refractivity contribution in [2.75, 3.05) is 11.5 Å². The van der Waals surface area contributed by atoms with Gasteiger partial charge in [0, 0.05) is 12.5 Å². The third kappa shape index (κ3) is 2.59. The lowest BCUT2D eigenvalue weighted by Crippen LogP contribution is -2.09. The number of fused-ring (bicyclic) bond motifs is 1. The van der Waals surface area contributed by atoms with Gasteiger partial charge in [-0.1, -0.05) is 30.3 Å². The first-order valence-corrected chi connectivity index (χ1v) is 7.40. The average Bonchev–Trinajstić information content (AvgIpc) is 2.85. The predicted octanol–water partition coefficient (Wildman–Crippen LogP) is 2.36. The molecule has 2 aromatic heterocycles. The molecule has 0 saturated carbocycles. The molecule has 0 fully saturated rings. The van der Waals surface area contributed by atoms with Crippen LogP contribution in [0.3, 0.4) is 0 Å². The molecule has 3 rings (SSSR count). The molecule has 2 heterocycles. The molecule has 114 valence electrons. The van der Waals surface area contributed by atoms with E-state index in [2.05, 4.69) is 45.5 Å². The maximum absolute atomic E-state index is 5.94. The number of hydrogen-bond donors (Lipinski definition) is 2. The number of benzene rings is 1. The highest BCUT2D eigenvalue weighted by atomic mass is 15.2. The van der Waals surface area contributed by atoms with Gasteiger partial charge in [-0.3, -0.25) is 0 Å². The van der Waals surface area contributed by atoms with Gasteiger partial charge < -0.3 is 16.0 Å². The SMILES string of the molecule is CC(C)n1c(CCc2ccccc2)nc2c(N)nc(N)nc21. The molecular weight excluding hydrogens is 276 g/mol. The minimum Gasteiger partial charge on any atom is -0.382 e. The molecule has 0 amide bonds. The summed E-state index contributed by atoms with van der Waals surface area (Å²) in [6.07, 6.45) is 1.73. The van der Waals surface area contributed by atoms with Crippen LogP contribution in [0, 0.1) is 0 Å². The molecule has 3 aromatic rings. The molecule has 0 aliphatic carbocycles. The first-order valence-electron chi connectivity index (χ1n) is 7.40. The number of nitrogens with two attached hydrogens (primary N) is 2. The Morgan fingerprint density at radius 3 is 2.41 bits per heavy atom. The minimum atomic E-state index is 0.182. The Morgan fingerprint density at radius 2 is 1.73 bits per heavy atom. The average molecular weight is 296 g/mol. The van der Waals surface area contributed by atoms with E-state index in [0.29, 0.717) is 17.0 Å². The van der Waals surface area contributed by atoms with Crippen molar-refractivity contribution >= 4 is 22.9 Å². The quantitative estimate of drug-likeness (QED) is 0.770. The van der Waals surface area contributed by atoms with E-state index in [9.17, 15) is 0 Å². The lowest BCUT2D eigenvalue weighted by Gasteiger charge is -2.12. The van der Waals surface area contributed by atoms with Crippen molar-refractivity contribution in [1.82, 2.24) is 19.5 Å². The second kappa shape index (κ2) is 5.63. The van der Waals surface area contributed by atoms with Crippen LogP contribution in [0.2, 0.25) is 0 Å². The van der Waals surface area contributed by atoms with Gasteiger partial charge in [0.15, 0.2) is 17.0 Å². The summed E-state index contributed by atoms with van der Waals surface area (Å²) in [6.45, 7) is 4.20. The lowest BCUT2D eigenvalue weighted by molar-refractivity contribution is 0.578. The smallest absolute Gasteiger partial charge is 0.224 e. The van der Waals surface area contributed by atoms with E-state index in [-0.39, 0.29) is 12.0 Å². The molecule has 4 N–H and O–H groups in total. The van der Waals surface area contributed by atoms with Crippen LogP contribution in [0.5, 0.6) is 0 Å². The van der Waals surface area contributed by atoms with Gasteiger partial charge in [0.2, 0.25) is 5.95 Å². The van der Waals surface area contributed by atoms with Crippen LogP contribution in [0.25, 0.3) is 11.2 Å². The van der Waals surface area contributed by atoms with Crippen molar-refractivity contribution in [3.63, 3.8) is 0 Å². The van der Waals surface area contributed by atoms with E-state index in [1.54, 1.807) is 0 Å². The number of aromatic nitrogens is 4. The summed E-state index contributed by atoms with van der Waals surface area (Å²) in [7, 11) is 0. The van der Waals surface area contributed by atoms with Crippen molar-refractivity contribution in [3.8, 4) is 0 Å². The van der Waals surface area contributed by atoms with Crippen LogP contribution < -0.4 is 11.5 Å². The molecule has 0 spiro atoms. The van der Waals surface area contributed by atoms with E-state index >= 15 is 0 Å². The number of aryl methyl sites for hydroxylation is 2. The molecule has 0 aliphatic rings. The first kappa shape index (κ1) is 14.3. The van der Waals surface area contributed by atoms with E-state index in [1.165, 1.54) is 5.56 Å². The Kier molecular flexibility index (Phi) is 3.66. The van der Waals surface area contributed by atoms with Crippen molar-refractivity contribution < 1.29 is 0 Å². The van der Waals surface area contributed by atoms with E-state index < -0.39 is 0 Å². The highest BCUT2D eigenvalue weighted by Crippen LogP contribution is 2.24. The zero-order valence-corrected chi connectivity index (χ0v) is 12.8. The van der Waals surface area contributed by atoms with Crippen LogP contribution in [0.4, 0.5) is 11.8 Å². The third-order valence-corrected chi connectivity index (χ3v) is 3.65. The summed E-state index contributed by atoms with van der Waals surface area (Å²) in [6, 6.07) is 10.6. The largest absolute Gasteiger partial charge is 0.382 e. The standard InChI is InChI=1S/C16H20N6/c1-10(2)22-12(9-8-11-6-4-3-5-7-11)19-13-14(17)20-16(18)21-15(13)22/h3-7,10H,8-9H2,1-2H3,(H4,17,18,20,21). The lowest BCUT2D eigenvalue weighted by atomic mass is 10.1. The fourth-order valence-electron chi connectivity index (χ4n) is 2.68. The summed E-state index contributed by atoms with van der Waals surface area (Å²) >= 11 is 0. The molecular formula is C16H20N6. The van der Waals surface area contributed by atoms with Gasteiger partial charge in [0.1, 0.15) is 5.82 Å². The third-order valence-electron chi connectivity index (χ3n) is 3.65. The Bertz CT molecular complexity index is 791. The molecule has 1 aromatic carbocycles. The van der Waals surface area contributed by atoms with Crippen molar-refractivity contribution in [3.05, 3.63) is 41.7 Å². The Morgan fingerprint density at radius 1 is 1.00 bits per heavy atom. The van der Waals surface area contributed by atoms with Gasteiger partial charge in [-0.25, -0.2) is 4.98 Å². The van der Waals surface area contributed by atoms with Crippen LogP contribution in [0.1, 0.15) is 31.3 Å². The highest BCUT2D eigenvalue weighted by Gasteiger charge is 2.17. The van der Waals surface area contributed by atoms with Crippen molar-refractivity contribution in [2.45, 2.75) is 32.7 Å². The molecule has 6 heteroatoms. The predicted molar refractivity (Wildman–Crippen MR) is 88.4 cm³/mol. The first-order chi connectivity index (χ1) is 10.6. The van der Waals surface area contributed by atoms with Gasteiger partial charge in [-0.15, -0.1) is 0 Å². The highest BCUT2D eigenvalue weighted by molar-refractivity contribution is 5.83. The van der Waals surface area contributed by atoms with Crippen LogP contribution in [-0.2, 0) is 12.8 Å². The zero-order chi connectivity index (χ0) is 15.7. The maximum Gasteiger partial charge on any atom is 0.224 e. The number of nitrogens with zero attached hydrogens (tertiary/aromatic N) is 4. The summed E-state index contributed by atoms with van der Waals surface area (Å²) in [5.41, 5.74) is 14.3. The van der Waals surface area contributed by atoms with E-state index in [1.807, 2.05) is 18.2 Å². The zero-order valence-electron chi connectivity index (χ0n) is 12.8. The number of hydrogen-bond acceptors (Lipinski definition) is 5. The summed E-state index contributed by atoms with van der Waals surface area (Å²) in [5.74, 6) is 1.48. The van der Waals surface area contributed by atoms with Gasteiger partial charge in [0.05, 0.1) is 0 Å². The number of nitrogen functional groups attached to an aromatic ring is 2. The number of rotatable bonds is 4. The summed E-state index contributed by atoms with van der Waals surface area (Å²) in [4.78, 5) is 13.0. The van der Waals surface area contributed by atoms with Gasteiger partial charge >= 0.3 is 0 Å². The van der Waals surface area contributed by atoms with E-state index in [0.717, 1.165) is 18.7 Å². The molecule has 0 bridgehead atoms. The van der Waals surface area contributed by atoms with Crippen molar-refractivity contribution in [2.24, 2.45) is 0 Å². The number of imidazole rings is 1. The molecule has 0 unspecified atom stereocenters. The monoisotopic (exact) mass is 296 g/mol. The van der Waals surface area contributed by atoms with Crippen LogP contribution in [-0.4, -0.2) is 19.5 Å². The second-order valence-electron chi connectivity index (χ2n) is 5.62. The van der Waals surface area contributed by atoms with E-state index in [4.69, 9.17) is 11.5 Å². The molecule has 22 heavy (non-hydrogen) atoms. The Hall–Kier alpha value is -2.63. The van der Waals surface area contributed by atoms with Crippen LogP contribution >= 0.6 is 0 Å². The molecule has 0 radical (unpaired) electrons. The molecule has 0 aliphatic heterocycles. The fraction of sp³-hybridized carbons (Fsp3) is 0.312. The van der Waals surface area contributed by atoms with Gasteiger partial charge in [-0.2, -0.15) is 9.97 Å².